The highest BCUT2D eigenvalue weighted by Crippen LogP contribution is 2.45. The number of hydrogen-bond acceptors (Lipinski definition) is 6. The normalized spacial score (nSPS) is 16.3. The Morgan fingerprint density at radius 1 is 1.15 bits per heavy atom. The Morgan fingerprint density at radius 3 is 2.68 bits per heavy atom. The first-order chi connectivity index (χ1) is 16.4. The smallest absolute Gasteiger partial charge is 0.324 e. The number of rotatable bonds is 3. The Balaban J connectivity index is 1.37. The van der Waals surface area contributed by atoms with Crippen LogP contribution in [0.4, 0.5) is 11.6 Å². The van der Waals surface area contributed by atoms with E-state index in [9.17, 15) is 4.79 Å². The van der Waals surface area contributed by atoms with Gasteiger partial charge in [-0.05, 0) is 61.1 Å². The number of aromatic nitrogens is 4. The highest BCUT2D eigenvalue weighted by atomic mass is 35.5. The van der Waals surface area contributed by atoms with Gasteiger partial charge in [-0.1, -0.05) is 35.3 Å². The van der Waals surface area contributed by atoms with E-state index in [0.29, 0.717) is 11.3 Å². The highest BCUT2D eigenvalue weighted by Gasteiger charge is 2.41. The maximum absolute atomic E-state index is 12.9. The van der Waals surface area contributed by atoms with Gasteiger partial charge in [0, 0.05) is 24.0 Å². The summed E-state index contributed by atoms with van der Waals surface area (Å²) in [6, 6.07) is 11.3. The lowest BCUT2D eigenvalue weighted by Gasteiger charge is -2.47. The zero-order valence-corrected chi connectivity index (χ0v) is 19.6. The van der Waals surface area contributed by atoms with E-state index in [1.807, 2.05) is 6.07 Å². The van der Waals surface area contributed by atoms with Crippen LogP contribution in [0, 0.1) is 5.41 Å². The van der Waals surface area contributed by atoms with Gasteiger partial charge in [-0.2, -0.15) is 4.98 Å². The third-order valence-corrected chi connectivity index (χ3v) is 7.41. The third kappa shape index (κ3) is 3.33. The van der Waals surface area contributed by atoms with E-state index in [0.717, 1.165) is 23.2 Å². The molecule has 0 unspecified atom stereocenters. The molecule has 172 valence electrons. The number of nitrogens with one attached hydrogen (secondary N) is 4. The van der Waals surface area contributed by atoms with Gasteiger partial charge < -0.3 is 10.6 Å². The quantitative estimate of drug-likeness (QED) is 0.342. The molecule has 0 atom stereocenters. The molecule has 1 saturated carbocycles. The minimum Gasteiger partial charge on any atom is -0.324 e. The average molecular weight is 494 g/mol. The summed E-state index contributed by atoms with van der Waals surface area (Å²) in [5.41, 5.74) is 3.59. The molecule has 0 amide bonds. The monoisotopic (exact) mass is 493 g/mol. The molecular weight excluding hydrogens is 473 g/mol. The number of aromatic amines is 1. The molecule has 0 saturated heterocycles. The molecule has 8 nitrogen and oxygen atoms in total. The van der Waals surface area contributed by atoms with E-state index in [2.05, 4.69) is 37.7 Å². The van der Waals surface area contributed by atoms with E-state index in [4.69, 9.17) is 28.6 Å². The molecular formula is C24H21Cl2N7O. The molecule has 0 bridgehead atoms. The number of anilines is 2. The molecule has 4 N–H and O–H groups in total. The highest BCUT2D eigenvalue weighted by molar-refractivity contribution is 6.37. The molecule has 0 radical (unpaired) electrons. The van der Waals surface area contributed by atoms with Gasteiger partial charge >= 0.3 is 5.69 Å². The van der Waals surface area contributed by atoms with Gasteiger partial charge in [-0.15, -0.1) is 0 Å². The first-order valence-corrected chi connectivity index (χ1v) is 11.9. The number of para-hydroxylation sites is 1. The summed E-state index contributed by atoms with van der Waals surface area (Å²) >= 11 is 12.5. The van der Waals surface area contributed by atoms with Crippen LogP contribution in [-0.2, 0) is 12.0 Å². The first kappa shape index (κ1) is 21.3. The SMILES string of the molecule is N=c1c2cnc(Nc3ccc4c(c3)CCNC43CCC3)nc2[nH]c(=O)n1-c1c(Cl)cccc1Cl. The van der Waals surface area contributed by atoms with Gasteiger partial charge in [-0.25, -0.2) is 14.3 Å². The van der Waals surface area contributed by atoms with Crippen molar-refractivity contribution in [2.45, 2.75) is 31.2 Å². The summed E-state index contributed by atoms with van der Waals surface area (Å²) in [7, 11) is 0. The molecule has 1 fully saturated rings. The molecule has 10 heteroatoms. The molecule has 2 aliphatic rings. The second kappa shape index (κ2) is 7.94. The standard InChI is InChI=1S/C24H21Cl2N7O/c25-17-3-1-4-18(26)19(17)33-20(27)15-12-28-22(31-21(15)32-23(33)34)30-14-5-6-16-13(11-14)7-10-29-24(16)8-2-9-24/h1,3-6,11-12,27,29H,2,7-10H2,(H2,28,30,31,32,34). The number of H-pyrrole nitrogens is 1. The second-order valence-electron chi connectivity index (χ2n) is 8.75. The van der Waals surface area contributed by atoms with Crippen LogP contribution in [0.15, 0.2) is 47.4 Å². The Morgan fingerprint density at radius 2 is 1.94 bits per heavy atom. The summed E-state index contributed by atoms with van der Waals surface area (Å²) in [5, 5.41) is 16.4. The molecule has 1 spiro atoms. The molecule has 1 aliphatic carbocycles. The van der Waals surface area contributed by atoms with Crippen LogP contribution in [0.1, 0.15) is 30.4 Å². The van der Waals surface area contributed by atoms with Crippen molar-refractivity contribution in [3.63, 3.8) is 0 Å². The number of fused-ring (bicyclic) bond motifs is 3. The predicted octanol–water partition coefficient (Wildman–Crippen LogP) is 4.16. The zero-order valence-electron chi connectivity index (χ0n) is 18.1. The first-order valence-electron chi connectivity index (χ1n) is 11.1. The number of halogens is 2. The van der Waals surface area contributed by atoms with E-state index in [-0.39, 0.29) is 32.4 Å². The number of nitrogens with zero attached hydrogens (tertiary/aromatic N) is 3. The summed E-state index contributed by atoms with van der Waals surface area (Å²) < 4.78 is 1.12. The van der Waals surface area contributed by atoms with Crippen LogP contribution in [0.5, 0.6) is 0 Å². The Kier molecular flexibility index (Phi) is 4.98. The molecule has 34 heavy (non-hydrogen) atoms. The Hall–Kier alpha value is -3.20. The molecule has 1 aliphatic heterocycles. The zero-order chi connectivity index (χ0) is 23.4. The van der Waals surface area contributed by atoms with E-state index in [1.165, 1.54) is 36.6 Å². The average Bonchev–Trinajstić information content (AvgIpc) is 2.79. The molecule has 2 aromatic heterocycles. The fourth-order valence-corrected chi connectivity index (χ4v) is 5.55. The van der Waals surface area contributed by atoms with Crippen molar-refractivity contribution in [3.8, 4) is 5.69 Å². The summed E-state index contributed by atoms with van der Waals surface area (Å²) in [6.45, 7) is 0.978. The van der Waals surface area contributed by atoms with E-state index >= 15 is 0 Å². The summed E-state index contributed by atoms with van der Waals surface area (Å²) in [5.74, 6) is 0.336. The van der Waals surface area contributed by atoms with Gasteiger partial charge in [0.1, 0.15) is 5.49 Å². The van der Waals surface area contributed by atoms with E-state index in [1.54, 1.807) is 18.2 Å². The van der Waals surface area contributed by atoms with Gasteiger partial charge in [0.05, 0.1) is 21.1 Å². The van der Waals surface area contributed by atoms with Gasteiger partial charge in [-0.3, -0.25) is 10.4 Å². The van der Waals surface area contributed by atoms with Crippen molar-refractivity contribution in [3.05, 3.63) is 79.7 Å². The maximum atomic E-state index is 12.9. The summed E-state index contributed by atoms with van der Waals surface area (Å²) in [4.78, 5) is 24.4. The van der Waals surface area contributed by atoms with Crippen molar-refractivity contribution >= 4 is 45.9 Å². The molecule has 3 heterocycles. The van der Waals surface area contributed by atoms with Gasteiger partial charge in [0.2, 0.25) is 5.95 Å². The van der Waals surface area contributed by atoms with Gasteiger partial charge in [0.25, 0.3) is 0 Å². The van der Waals surface area contributed by atoms with Gasteiger partial charge in [0.15, 0.2) is 5.65 Å². The minimum absolute atomic E-state index is 0.104. The Bertz CT molecular complexity index is 1550. The number of benzene rings is 2. The summed E-state index contributed by atoms with van der Waals surface area (Å²) in [6.07, 6.45) is 6.11. The molecule has 4 aromatic rings. The number of hydrogen-bond donors (Lipinski definition) is 4. The van der Waals surface area contributed by atoms with E-state index < -0.39 is 5.69 Å². The predicted molar refractivity (Wildman–Crippen MR) is 132 cm³/mol. The van der Waals surface area contributed by atoms with Crippen LogP contribution in [-0.4, -0.2) is 26.1 Å². The topological polar surface area (TPSA) is 111 Å². The minimum atomic E-state index is -0.566. The second-order valence-corrected chi connectivity index (χ2v) is 9.56. The van der Waals surface area contributed by atoms with Crippen molar-refractivity contribution in [1.82, 2.24) is 24.8 Å². The maximum Gasteiger partial charge on any atom is 0.333 e. The van der Waals surface area contributed by atoms with Crippen LogP contribution < -0.4 is 21.8 Å². The largest absolute Gasteiger partial charge is 0.333 e. The lowest BCUT2D eigenvalue weighted by Crippen LogP contribution is -2.51. The van der Waals surface area contributed by atoms with Crippen LogP contribution in [0.3, 0.4) is 0 Å². The molecule has 2 aromatic carbocycles. The van der Waals surface area contributed by atoms with Crippen molar-refractivity contribution in [1.29, 1.82) is 5.41 Å². The fourth-order valence-electron chi connectivity index (χ4n) is 4.99. The fraction of sp³-hybridized carbons (Fsp3) is 0.250. The van der Waals surface area contributed by atoms with Crippen LogP contribution in [0.2, 0.25) is 10.0 Å². The van der Waals surface area contributed by atoms with Crippen molar-refractivity contribution < 1.29 is 0 Å². The lowest BCUT2D eigenvalue weighted by molar-refractivity contribution is 0.176. The third-order valence-electron chi connectivity index (χ3n) is 6.80. The molecule has 6 rings (SSSR count). The van der Waals surface area contributed by atoms with Crippen molar-refractivity contribution in [2.24, 2.45) is 0 Å². The van der Waals surface area contributed by atoms with Crippen molar-refractivity contribution in [2.75, 3.05) is 11.9 Å². The van der Waals surface area contributed by atoms with Crippen LogP contribution in [0.25, 0.3) is 16.7 Å². The lowest BCUT2D eigenvalue weighted by atomic mass is 9.68. The van der Waals surface area contributed by atoms with Crippen LogP contribution >= 0.6 is 23.2 Å². The Labute approximate surface area is 204 Å².